The van der Waals surface area contributed by atoms with Gasteiger partial charge in [0, 0.05) is 11.3 Å². The highest BCUT2D eigenvalue weighted by atomic mass is 32.1. The fourth-order valence-corrected chi connectivity index (χ4v) is 3.72. The number of thiophene rings is 1. The molecule has 20 heavy (non-hydrogen) atoms. The number of aryl methyl sites for hydroxylation is 3. The van der Waals surface area contributed by atoms with Gasteiger partial charge in [-0.25, -0.2) is 0 Å². The lowest BCUT2D eigenvalue weighted by Gasteiger charge is -2.13. The molecule has 0 amide bonds. The van der Waals surface area contributed by atoms with E-state index in [0.717, 1.165) is 29.2 Å². The average Bonchev–Trinajstić information content (AvgIpc) is 2.72. The molecule has 0 N–H and O–H groups in total. The molecule has 0 aliphatic heterocycles. The second kappa shape index (κ2) is 5.06. The summed E-state index contributed by atoms with van der Waals surface area (Å²) in [6.07, 6.45) is 2.61. The topological polar surface area (TPSA) is 26.3 Å². The molecule has 2 nitrogen and oxygen atoms in total. The summed E-state index contributed by atoms with van der Waals surface area (Å²) >= 11 is 1.60. The summed E-state index contributed by atoms with van der Waals surface area (Å²) in [7, 11) is 0. The quantitative estimate of drug-likeness (QED) is 0.778. The first kappa shape index (κ1) is 13.4. The minimum Gasteiger partial charge on any atom is -0.446 e. The normalized spacial score (nSPS) is 14.2. The van der Waals surface area contributed by atoms with Crippen molar-refractivity contribution in [2.45, 2.75) is 40.0 Å². The number of carbonyl (C=O) groups is 1. The van der Waals surface area contributed by atoms with Gasteiger partial charge in [0.25, 0.3) is 0 Å². The van der Waals surface area contributed by atoms with Gasteiger partial charge in [-0.3, -0.25) is 4.79 Å². The molecule has 1 aliphatic rings. The molecule has 104 valence electrons. The third-order valence-corrected chi connectivity index (χ3v) is 5.00. The van der Waals surface area contributed by atoms with Gasteiger partial charge < -0.3 is 4.74 Å². The summed E-state index contributed by atoms with van der Waals surface area (Å²) in [4.78, 5) is 13.4. The third-order valence-electron chi connectivity index (χ3n) is 3.98. The van der Waals surface area contributed by atoms with Crippen molar-refractivity contribution in [1.29, 1.82) is 0 Å². The zero-order chi connectivity index (χ0) is 14.3. The zero-order valence-electron chi connectivity index (χ0n) is 12.1. The van der Waals surface area contributed by atoms with E-state index in [1.54, 1.807) is 11.3 Å². The van der Waals surface area contributed by atoms with Gasteiger partial charge in [-0.1, -0.05) is 6.07 Å². The van der Waals surface area contributed by atoms with Crippen molar-refractivity contribution in [3.05, 3.63) is 45.3 Å². The molecular formula is C17H18O2S. The highest BCUT2D eigenvalue weighted by Crippen LogP contribution is 2.41. The standard InChI is InChI=1S/C17H18O2S/c1-10-7-8-13(9-11(10)2)19-17-16-14(12(3)20-17)5-4-6-15(16)18/h7-9H,4-6H2,1-3H3. The lowest BCUT2D eigenvalue weighted by molar-refractivity contribution is 0.0971. The van der Waals surface area contributed by atoms with Crippen molar-refractivity contribution in [3.63, 3.8) is 0 Å². The minimum absolute atomic E-state index is 0.231. The van der Waals surface area contributed by atoms with Crippen molar-refractivity contribution in [1.82, 2.24) is 0 Å². The van der Waals surface area contributed by atoms with E-state index in [2.05, 4.69) is 26.8 Å². The molecule has 0 fully saturated rings. The second-order valence-corrected chi connectivity index (χ2v) is 6.61. The number of rotatable bonds is 2. The molecule has 0 unspecified atom stereocenters. The molecule has 1 heterocycles. The maximum absolute atomic E-state index is 12.2. The van der Waals surface area contributed by atoms with Crippen LogP contribution in [0, 0.1) is 20.8 Å². The van der Waals surface area contributed by atoms with Crippen LogP contribution in [0.2, 0.25) is 0 Å². The maximum Gasteiger partial charge on any atom is 0.192 e. The van der Waals surface area contributed by atoms with Gasteiger partial charge in [0.2, 0.25) is 0 Å². The molecule has 0 saturated heterocycles. The van der Waals surface area contributed by atoms with E-state index >= 15 is 0 Å². The van der Waals surface area contributed by atoms with Crippen LogP contribution in [0.15, 0.2) is 18.2 Å². The van der Waals surface area contributed by atoms with Crippen molar-refractivity contribution in [2.75, 3.05) is 0 Å². The zero-order valence-corrected chi connectivity index (χ0v) is 12.9. The number of hydrogen-bond acceptors (Lipinski definition) is 3. The van der Waals surface area contributed by atoms with E-state index in [9.17, 15) is 4.79 Å². The molecule has 1 aromatic heterocycles. The van der Waals surface area contributed by atoms with Gasteiger partial charge >= 0.3 is 0 Å². The van der Waals surface area contributed by atoms with Gasteiger partial charge in [-0.05, 0) is 62.4 Å². The van der Waals surface area contributed by atoms with Gasteiger partial charge in [0.1, 0.15) is 5.75 Å². The molecule has 0 bridgehead atoms. The molecule has 0 saturated carbocycles. The number of carbonyl (C=O) groups excluding carboxylic acids is 1. The third kappa shape index (κ3) is 2.27. The van der Waals surface area contributed by atoms with Crippen molar-refractivity contribution in [2.24, 2.45) is 0 Å². The predicted molar refractivity (Wildman–Crippen MR) is 82.3 cm³/mol. The highest BCUT2D eigenvalue weighted by molar-refractivity contribution is 7.14. The Hall–Kier alpha value is -1.61. The van der Waals surface area contributed by atoms with E-state index < -0.39 is 0 Å². The molecule has 0 atom stereocenters. The van der Waals surface area contributed by atoms with Crippen LogP contribution in [0.5, 0.6) is 10.8 Å². The molecule has 0 spiro atoms. The van der Waals surface area contributed by atoms with Crippen LogP contribution in [0.1, 0.15) is 44.8 Å². The Morgan fingerprint density at radius 3 is 2.65 bits per heavy atom. The molecule has 1 aromatic carbocycles. The summed E-state index contributed by atoms with van der Waals surface area (Å²) < 4.78 is 6.00. The molecular weight excluding hydrogens is 268 g/mol. The maximum atomic E-state index is 12.2. The molecule has 2 aromatic rings. The Morgan fingerprint density at radius 1 is 1.10 bits per heavy atom. The fraction of sp³-hybridized carbons (Fsp3) is 0.353. The summed E-state index contributed by atoms with van der Waals surface area (Å²) in [5.41, 5.74) is 4.48. The van der Waals surface area contributed by atoms with Crippen LogP contribution < -0.4 is 4.74 Å². The largest absolute Gasteiger partial charge is 0.446 e. The average molecular weight is 286 g/mol. The Bertz CT molecular complexity index is 683. The van der Waals surface area contributed by atoms with Gasteiger partial charge in [0.05, 0.1) is 5.56 Å². The van der Waals surface area contributed by atoms with E-state index in [1.165, 1.54) is 21.6 Å². The fourth-order valence-electron chi connectivity index (χ4n) is 2.64. The Labute approximate surface area is 123 Å². The van der Waals surface area contributed by atoms with Gasteiger partial charge in [-0.15, -0.1) is 11.3 Å². The summed E-state index contributed by atoms with van der Waals surface area (Å²) in [6.45, 7) is 6.23. The summed E-state index contributed by atoms with van der Waals surface area (Å²) in [6, 6.07) is 6.06. The van der Waals surface area contributed by atoms with Crippen LogP contribution in [0.25, 0.3) is 0 Å². The number of fused-ring (bicyclic) bond motifs is 1. The van der Waals surface area contributed by atoms with Crippen molar-refractivity contribution < 1.29 is 9.53 Å². The number of benzene rings is 1. The lowest BCUT2D eigenvalue weighted by atomic mass is 9.92. The van der Waals surface area contributed by atoms with Crippen LogP contribution in [-0.4, -0.2) is 5.78 Å². The van der Waals surface area contributed by atoms with Gasteiger partial charge in [-0.2, -0.15) is 0 Å². The number of hydrogen-bond donors (Lipinski definition) is 0. The first-order valence-electron chi connectivity index (χ1n) is 6.97. The van der Waals surface area contributed by atoms with Gasteiger partial charge in [0.15, 0.2) is 10.8 Å². The smallest absolute Gasteiger partial charge is 0.192 e. The molecule has 1 aliphatic carbocycles. The van der Waals surface area contributed by atoms with E-state index in [1.807, 2.05) is 12.1 Å². The minimum atomic E-state index is 0.231. The van der Waals surface area contributed by atoms with Crippen LogP contribution in [-0.2, 0) is 6.42 Å². The van der Waals surface area contributed by atoms with E-state index in [-0.39, 0.29) is 5.78 Å². The summed E-state index contributed by atoms with van der Waals surface area (Å²) in [5.74, 6) is 1.05. The molecule has 3 rings (SSSR count). The number of Topliss-reactive ketones (excluding diaryl/α,β-unsaturated/α-hetero) is 1. The predicted octanol–water partition coefficient (Wildman–Crippen LogP) is 4.98. The van der Waals surface area contributed by atoms with Crippen LogP contribution in [0.3, 0.4) is 0 Å². The van der Waals surface area contributed by atoms with Crippen LogP contribution >= 0.6 is 11.3 Å². The Balaban J connectivity index is 1.99. The lowest BCUT2D eigenvalue weighted by Crippen LogP contribution is -2.09. The molecule has 0 radical (unpaired) electrons. The first-order valence-corrected chi connectivity index (χ1v) is 7.78. The highest BCUT2D eigenvalue weighted by Gasteiger charge is 2.26. The van der Waals surface area contributed by atoms with E-state index in [4.69, 9.17) is 4.74 Å². The second-order valence-electron chi connectivity index (χ2n) is 5.42. The number of ether oxygens (including phenoxy) is 1. The Kier molecular flexibility index (Phi) is 3.38. The van der Waals surface area contributed by atoms with Crippen LogP contribution in [0.4, 0.5) is 0 Å². The van der Waals surface area contributed by atoms with Crippen molar-refractivity contribution >= 4 is 17.1 Å². The monoisotopic (exact) mass is 286 g/mol. The van der Waals surface area contributed by atoms with Crippen molar-refractivity contribution in [3.8, 4) is 10.8 Å². The first-order chi connectivity index (χ1) is 9.56. The van der Waals surface area contributed by atoms with E-state index in [0.29, 0.717) is 6.42 Å². The SMILES string of the molecule is Cc1ccc(Oc2sc(C)c3c2C(=O)CCC3)cc1C. The Morgan fingerprint density at radius 2 is 1.90 bits per heavy atom. The molecule has 3 heteroatoms. The summed E-state index contributed by atoms with van der Waals surface area (Å²) in [5, 5.41) is 0.769. The number of ketones is 1.